The van der Waals surface area contributed by atoms with Crippen LogP contribution in [0.15, 0.2) is 12.1 Å². The van der Waals surface area contributed by atoms with E-state index < -0.39 is 0 Å². The molecule has 6 nitrogen and oxygen atoms in total. The molecule has 0 aliphatic carbocycles. The smallest absolute Gasteiger partial charge is 0.224 e. The van der Waals surface area contributed by atoms with Crippen molar-refractivity contribution < 1.29 is 14.3 Å². The molecule has 6 heteroatoms. The fourth-order valence-corrected chi connectivity index (χ4v) is 2.10. The molecule has 1 amide bonds. The van der Waals surface area contributed by atoms with Crippen LogP contribution in [0.2, 0.25) is 0 Å². The van der Waals surface area contributed by atoms with Gasteiger partial charge in [0.15, 0.2) is 0 Å². The molecule has 0 unspecified atom stereocenters. The van der Waals surface area contributed by atoms with Gasteiger partial charge in [-0.2, -0.15) is 0 Å². The van der Waals surface area contributed by atoms with Crippen molar-refractivity contribution in [1.29, 1.82) is 0 Å². The average molecular weight is 279 g/mol. The van der Waals surface area contributed by atoms with E-state index in [2.05, 4.69) is 10.6 Å². The van der Waals surface area contributed by atoms with Crippen LogP contribution in [0.1, 0.15) is 12.0 Å². The number of nitrogen functional groups attached to an aromatic ring is 1. The van der Waals surface area contributed by atoms with Crippen LogP contribution in [-0.2, 0) is 20.7 Å². The number of aryl methyl sites for hydroxylation is 1. The summed E-state index contributed by atoms with van der Waals surface area (Å²) < 4.78 is 10.3. The van der Waals surface area contributed by atoms with Gasteiger partial charge in [0.2, 0.25) is 5.91 Å². The second-order valence-electron chi connectivity index (χ2n) is 4.68. The van der Waals surface area contributed by atoms with Gasteiger partial charge < -0.3 is 25.8 Å². The number of nitrogens with two attached hydrogens (primary N) is 1. The lowest BCUT2D eigenvalue weighted by Gasteiger charge is -2.19. The van der Waals surface area contributed by atoms with E-state index in [1.165, 1.54) is 0 Å². The van der Waals surface area contributed by atoms with Gasteiger partial charge in [0.25, 0.3) is 0 Å². The molecule has 110 valence electrons. The lowest BCUT2D eigenvalue weighted by molar-refractivity contribution is -0.116. The standard InChI is InChI=1S/C14H21N3O3/c1-19-6-7-20-5-4-16-13-9-12-10(8-11(13)15)2-3-14(18)17-12/h8-9,16H,2-7,15H2,1H3,(H,17,18). The Hall–Kier alpha value is -1.79. The third kappa shape index (κ3) is 3.85. The summed E-state index contributed by atoms with van der Waals surface area (Å²) in [6.07, 6.45) is 1.26. The number of nitrogens with one attached hydrogen (secondary N) is 2. The van der Waals surface area contributed by atoms with Gasteiger partial charge in [-0.15, -0.1) is 0 Å². The van der Waals surface area contributed by atoms with E-state index in [1.807, 2.05) is 12.1 Å². The van der Waals surface area contributed by atoms with Crippen LogP contribution in [0.3, 0.4) is 0 Å². The first-order valence-electron chi connectivity index (χ1n) is 6.73. The Morgan fingerprint density at radius 1 is 1.30 bits per heavy atom. The molecule has 4 N–H and O–H groups in total. The molecular formula is C14H21N3O3. The Balaban J connectivity index is 1.88. The molecule has 1 aliphatic heterocycles. The third-order valence-electron chi connectivity index (χ3n) is 3.16. The first-order valence-corrected chi connectivity index (χ1v) is 6.73. The number of amides is 1. The van der Waals surface area contributed by atoms with Crippen LogP contribution in [0, 0.1) is 0 Å². The Labute approximate surface area is 118 Å². The zero-order valence-electron chi connectivity index (χ0n) is 11.7. The maximum atomic E-state index is 11.4. The van der Waals surface area contributed by atoms with Gasteiger partial charge in [-0.25, -0.2) is 0 Å². The Morgan fingerprint density at radius 2 is 2.15 bits per heavy atom. The number of rotatable bonds is 7. The molecule has 0 fully saturated rings. The number of hydrogen-bond acceptors (Lipinski definition) is 5. The SMILES string of the molecule is COCCOCCNc1cc2c(cc1N)CCC(=O)N2. The summed E-state index contributed by atoms with van der Waals surface area (Å²) in [5, 5.41) is 6.08. The number of carbonyl (C=O) groups excluding carboxylic acids is 1. The molecule has 20 heavy (non-hydrogen) atoms. The van der Waals surface area contributed by atoms with Gasteiger partial charge in [-0.3, -0.25) is 4.79 Å². The van der Waals surface area contributed by atoms with E-state index in [0.717, 1.165) is 23.4 Å². The van der Waals surface area contributed by atoms with E-state index in [9.17, 15) is 4.79 Å². The third-order valence-corrected chi connectivity index (χ3v) is 3.16. The molecule has 0 atom stereocenters. The highest BCUT2D eigenvalue weighted by Gasteiger charge is 2.16. The van der Waals surface area contributed by atoms with Crippen molar-refractivity contribution in [2.45, 2.75) is 12.8 Å². The first kappa shape index (κ1) is 14.6. The summed E-state index contributed by atoms with van der Waals surface area (Å²) >= 11 is 0. The van der Waals surface area contributed by atoms with Crippen molar-refractivity contribution in [3.05, 3.63) is 17.7 Å². The number of anilines is 3. The zero-order valence-corrected chi connectivity index (χ0v) is 11.7. The maximum absolute atomic E-state index is 11.4. The average Bonchev–Trinajstić information content (AvgIpc) is 2.43. The number of hydrogen-bond donors (Lipinski definition) is 3. The van der Waals surface area contributed by atoms with Gasteiger partial charge in [-0.1, -0.05) is 0 Å². The van der Waals surface area contributed by atoms with E-state index in [1.54, 1.807) is 7.11 Å². The number of methoxy groups -OCH3 is 1. The molecule has 1 aromatic carbocycles. The van der Waals surface area contributed by atoms with Crippen LogP contribution >= 0.6 is 0 Å². The van der Waals surface area contributed by atoms with E-state index >= 15 is 0 Å². The van der Waals surface area contributed by atoms with Crippen molar-refractivity contribution in [3.63, 3.8) is 0 Å². The molecule has 0 radical (unpaired) electrons. The highest BCUT2D eigenvalue weighted by molar-refractivity contribution is 5.95. The van der Waals surface area contributed by atoms with Crippen molar-refractivity contribution in [2.75, 3.05) is 49.8 Å². The monoisotopic (exact) mass is 279 g/mol. The topological polar surface area (TPSA) is 85.6 Å². The largest absolute Gasteiger partial charge is 0.397 e. The van der Waals surface area contributed by atoms with E-state index in [4.69, 9.17) is 15.2 Å². The Kier molecular flexibility index (Phi) is 5.20. The summed E-state index contributed by atoms with van der Waals surface area (Å²) in [6, 6.07) is 3.81. The van der Waals surface area contributed by atoms with Crippen LogP contribution in [0.25, 0.3) is 0 Å². The quantitative estimate of drug-likeness (QED) is 0.516. The van der Waals surface area contributed by atoms with Gasteiger partial charge in [-0.05, 0) is 24.1 Å². The normalized spacial score (nSPS) is 13.8. The van der Waals surface area contributed by atoms with Crippen LogP contribution < -0.4 is 16.4 Å². The van der Waals surface area contributed by atoms with Crippen LogP contribution in [0.4, 0.5) is 17.1 Å². The van der Waals surface area contributed by atoms with Gasteiger partial charge >= 0.3 is 0 Å². The number of ether oxygens (including phenoxy) is 2. The highest BCUT2D eigenvalue weighted by atomic mass is 16.5. The second kappa shape index (κ2) is 7.12. The lowest BCUT2D eigenvalue weighted by atomic mass is 10.0. The summed E-state index contributed by atoms with van der Waals surface area (Å²) in [6.45, 7) is 2.40. The van der Waals surface area contributed by atoms with E-state index in [-0.39, 0.29) is 5.91 Å². The number of carbonyl (C=O) groups is 1. The van der Waals surface area contributed by atoms with Crippen molar-refractivity contribution in [1.82, 2.24) is 0 Å². The molecule has 0 bridgehead atoms. The lowest BCUT2D eigenvalue weighted by Crippen LogP contribution is -2.20. The Morgan fingerprint density at radius 3 is 2.95 bits per heavy atom. The molecule has 1 aliphatic rings. The molecule has 0 saturated carbocycles. The highest BCUT2D eigenvalue weighted by Crippen LogP contribution is 2.30. The molecule has 0 aromatic heterocycles. The van der Waals surface area contributed by atoms with Crippen molar-refractivity contribution in [3.8, 4) is 0 Å². The second-order valence-corrected chi connectivity index (χ2v) is 4.68. The molecule has 0 spiro atoms. The fraction of sp³-hybridized carbons (Fsp3) is 0.500. The zero-order chi connectivity index (χ0) is 14.4. The molecule has 0 saturated heterocycles. The predicted octanol–water partition coefficient (Wildman–Crippen LogP) is 1.23. The summed E-state index contributed by atoms with van der Waals surface area (Å²) in [4.78, 5) is 11.4. The minimum Gasteiger partial charge on any atom is -0.397 e. The van der Waals surface area contributed by atoms with Crippen LogP contribution in [-0.4, -0.2) is 39.4 Å². The summed E-state index contributed by atoms with van der Waals surface area (Å²) in [5.74, 6) is 0.0520. The van der Waals surface area contributed by atoms with Crippen LogP contribution in [0.5, 0.6) is 0 Å². The molecular weight excluding hydrogens is 258 g/mol. The molecule has 1 heterocycles. The number of fused-ring (bicyclic) bond motifs is 1. The Bertz CT molecular complexity index is 477. The van der Waals surface area contributed by atoms with Crippen molar-refractivity contribution in [2.24, 2.45) is 0 Å². The minimum atomic E-state index is 0.0520. The predicted molar refractivity (Wildman–Crippen MR) is 79.0 cm³/mol. The first-order chi connectivity index (χ1) is 9.70. The maximum Gasteiger partial charge on any atom is 0.224 e. The number of benzene rings is 1. The van der Waals surface area contributed by atoms with Gasteiger partial charge in [0.05, 0.1) is 31.2 Å². The fourth-order valence-electron chi connectivity index (χ4n) is 2.10. The minimum absolute atomic E-state index is 0.0520. The summed E-state index contributed by atoms with van der Waals surface area (Å²) in [5.41, 5.74) is 9.45. The summed E-state index contributed by atoms with van der Waals surface area (Å²) in [7, 11) is 1.64. The van der Waals surface area contributed by atoms with E-state index in [0.29, 0.717) is 38.5 Å². The molecule has 1 aromatic rings. The van der Waals surface area contributed by atoms with Crippen molar-refractivity contribution >= 4 is 23.0 Å². The van der Waals surface area contributed by atoms with Gasteiger partial charge in [0.1, 0.15) is 0 Å². The van der Waals surface area contributed by atoms with Gasteiger partial charge in [0, 0.05) is 25.8 Å². The molecule has 2 rings (SSSR count).